The van der Waals surface area contributed by atoms with Gasteiger partial charge in [0.2, 0.25) is 0 Å². The number of aliphatic hydroxyl groups is 1. The summed E-state index contributed by atoms with van der Waals surface area (Å²) in [5.74, 6) is 0. The van der Waals surface area contributed by atoms with Crippen LogP contribution in [0.4, 0.5) is 0 Å². The summed E-state index contributed by atoms with van der Waals surface area (Å²) in [6.07, 6.45) is 4.05. The highest BCUT2D eigenvalue weighted by molar-refractivity contribution is 5.87. The first-order chi connectivity index (χ1) is 11.7. The Hall–Kier alpha value is -1.64. The maximum Gasteiger partial charge on any atom is 0.0942 e. The molecule has 0 heterocycles. The number of rotatable bonds is 5. The molecule has 0 saturated heterocycles. The van der Waals surface area contributed by atoms with Crippen LogP contribution in [0.3, 0.4) is 0 Å². The molecular formula is C23H30O2. The van der Waals surface area contributed by atoms with Gasteiger partial charge in [-0.2, -0.15) is 0 Å². The zero-order valence-electron chi connectivity index (χ0n) is 15.9. The third-order valence-electron chi connectivity index (χ3n) is 5.64. The van der Waals surface area contributed by atoms with Crippen LogP contribution in [0.2, 0.25) is 0 Å². The summed E-state index contributed by atoms with van der Waals surface area (Å²) >= 11 is 0. The summed E-state index contributed by atoms with van der Waals surface area (Å²) < 4.78 is 6.60. The lowest BCUT2D eigenvalue weighted by Crippen LogP contribution is -2.42. The van der Waals surface area contributed by atoms with Crippen molar-refractivity contribution in [3.8, 4) is 0 Å². The molecule has 0 aromatic heterocycles. The summed E-state index contributed by atoms with van der Waals surface area (Å²) in [6, 6.07) is 13.0. The maximum atomic E-state index is 10.4. The normalized spacial score (nSPS) is 18.4. The van der Waals surface area contributed by atoms with Crippen molar-refractivity contribution in [2.75, 3.05) is 0 Å². The van der Waals surface area contributed by atoms with E-state index in [2.05, 4.69) is 49.9 Å². The first-order valence-electron chi connectivity index (χ1n) is 9.32. The van der Waals surface area contributed by atoms with Crippen LogP contribution in [0.1, 0.15) is 64.5 Å². The van der Waals surface area contributed by atoms with E-state index in [4.69, 9.17) is 4.74 Å². The summed E-state index contributed by atoms with van der Waals surface area (Å²) in [5.41, 5.74) is 2.27. The molecule has 1 N–H and O–H groups in total. The molecule has 2 nitrogen and oxygen atoms in total. The molecule has 1 fully saturated rings. The average molecular weight is 338 g/mol. The summed E-state index contributed by atoms with van der Waals surface area (Å²) in [5, 5.41) is 12.9. The van der Waals surface area contributed by atoms with Crippen molar-refractivity contribution in [1.29, 1.82) is 0 Å². The molecule has 0 aliphatic heterocycles. The second-order valence-electron chi connectivity index (χ2n) is 8.14. The lowest BCUT2D eigenvalue weighted by Gasteiger charge is -2.39. The van der Waals surface area contributed by atoms with E-state index in [9.17, 15) is 5.11 Å². The second kappa shape index (κ2) is 6.59. The van der Waals surface area contributed by atoms with Crippen molar-refractivity contribution in [3.05, 3.63) is 54.1 Å². The molecule has 25 heavy (non-hydrogen) atoms. The third kappa shape index (κ3) is 3.51. The highest BCUT2D eigenvalue weighted by Crippen LogP contribution is 2.47. The van der Waals surface area contributed by atoms with Gasteiger partial charge >= 0.3 is 0 Å². The molecule has 1 unspecified atom stereocenters. The maximum absolute atomic E-state index is 10.4. The van der Waals surface area contributed by atoms with Gasteiger partial charge in [0.15, 0.2) is 0 Å². The smallest absolute Gasteiger partial charge is 0.0942 e. The minimum atomic E-state index is -0.865. The van der Waals surface area contributed by atoms with E-state index in [-0.39, 0.29) is 11.7 Å². The first kappa shape index (κ1) is 18.2. The number of hydrogen-bond donors (Lipinski definition) is 1. The topological polar surface area (TPSA) is 29.5 Å². The molecule has 1 atom stereocenters. The quantitative estimate of drug-likeness (QED) is 0.744. The summed E-state index contributed by atoms with van der Waals surface area (Å²) in [6.45, 7) is 11.9. The SMILES string of the molecule is C=C(C)c1cc2ccccc2cc1C1(OC(C)C(C)(C)O)CCCC1. The Morgan fingerprint density at radius 2 is 1.72 bits per heavy atom. The molecule has 2 aromatic rings. The van der Waals surface area contributed by atoms with E-state index < -0.39 is 5.60 Å². The van der Waals surface area contributed by atoms with Gasteiger partial charge in [0.05, 0.1) is 17.3 Å². The highest BCUT2D eigenvalue weighted by Gasteiger charge is 2.42. The summed E-state index contributed by atoms with van der Waals surface area (Å²) in [7, 11) is 0. The minimum Gasteiger partial charge on any atom is -0.388 e. The van der Waals surface area contributed by atoms with Crippen molar-refractivity contribution in [1.82, 2.24) is 0 Å². The second-order valence-corrected chi connectivity index (χ2v) is 8.14. The standard InChI is InChI=1S/C23H30O2/c1-16(2)20-14-18-10-6-7-11-19(18)15-21(20)23(12-8-9-13-23)25-17(3)22(4,5)24/h6-7,10-11,14-15,17,24H,1,8-9,12-13H2,2-5H3. The van der Waals surface area contributed by atoms with Crippen molar-refractivity contribution in [2.24, 2.45) is 0 Å². The van der Waals surface area contributed by atoms with Crippen LogP contribution in [0.25, 0.3) is 16.3 Å². The molecule has 2 heteroatoms. The van der Waals surface area contributed by atoms with Gasteiger partial charge in [-0.25, -0.2) is 0 Å². The van der Waals surface area contributed by atoms with Crippen molar-refractivity contribution in [2.45, 2.75) is 70.7 Å². The molecule has 0 spiro atoms. The van der Waals surface area contributed by atoms with E-state index in [1.165, 1.54) is 21.9 Å². The van der Waals surface area contributed by atoms with Crippen LogP contribution in [0.15, 0.2) is 43.0 Å². The Morgan fingerprint density at radius 1 is 1.16 bits per heavy atom. The van der Waals surface area contributed by atoms with Crippen molar-refractivity contribution >= 4 is 16.3 Å². The zero-order valence-corrected chi connectivity index (χ0v) is 15.9. The van der Waals surface area contributed by atoms with E-state index >= 15 is 0 Å². The van der Waals surface area contributed by atoms with Crippen LogP contribution in [-0.4, -0.2) is 16.8 Å². The zero-order chi connectivity index (χ0) is 18.2. The lowest BCUT2D eigenvalue weighted by molar-refractivity contribution is -0.158. The van der Waals surface area contributed by atoms with Crippen LogP contribution >= 0.6 is 0 Å². The van der Waals surface area contributed by atoms with Gasteiger partial charge in [0, 0.05) is 0 Å². The Labute approximate surface area is 151 Å². The van der Waals surface area contributed by atoms with Gasteiger partial charge in [-0.1, -0.05) is 49.3 Å². The predicted octanol–water partition coefficient (Wildman–Crippen LogP) is 5.82. The highest BCUT2D eigenvalue weighted by atomic mass is 16.5. The van der Waals surface area contributed by atoms with Gasteiger partial charge < -0.3 is 9.84 Å². The van der Waals surface area contributed by atoms with Gasteiger partial charge in [0.25, 0.3) is 0 Å². The molecule has 1 aliphatic carbocycles. The molecule has 1 aliphatic rings. The number of allylic oxidation sites excluding steroid dienone is 1. The van der Waals surface area contributed by atoms with E-state index in [0.717, 1.165) is 31.3 Å². The molecule has 0 bridgehead atoms. The molecule has 0 amide bonds. The lowest BCUT2D eigenvalue weighted by atomic mass is 9.83. The number of benzene rings is 2. The van der Waals surface area contributed by atoms with Gasteiger partial charge in [-0.15, -0.1) is 0 Å². The Balaban J connectivity index is 2.15. The van der Waals surface area contributed by atoms with Crippen LogP contribution in [-0.2, 0) is 10.3 Å². The Kier molecular flexibility index (Phi) is 4.78. The Bertz CT molecular complexity index is 776. The monoisotopic (exact) mass is 338 g/mol. The largest absolute Gasteiger partial charge is 0.388 e. The van der Waals surface area contributed by atoms with Crippen LogP contribution in [0.5, 0.6) is 0 Å². The summed E-state index contributed by atoms with van der Waals surface area (Å²) in [4.78, 5) is 0. The van der Waals surface area contributed by atoms with Crippen LogP contribution in [0, 0.1) is 0 Å². The third-order valence-corrected chi connectivity index (χ3v) is 5.64. The predicted molar refractivity (Wildman–Crippen MR) is 106 cm³/mol. The van der Waals surface area contributed by atoms with Crippen molar-refractivity contribution < 1.29 is 9.84 Å². The van der Waals surface area contributed by atoms with Crippen LogP contribution < -0.4 is 0 Å². The minimum absolute atomic E-state index is 0.241. The average Bonchev–Trinajstić information content (AvgIpc) is 3.02. The molecule has 134 valence electrons. The van der Waals surface area contributed by atoms with Gasteiger partial charge in [-0.3, -0.25) is 0 Å². The van der Waals surface area contributed by atoms with Gasteiger partial charge in [0.1, 0.15) is 0 Å². The van der Waals surface area contributed by atoms with Crippen molar-refractivity contribution in [3.63, 3.8) is 0 Å². The molecular weight excluding hydrogens is 308 g/mol. The molecule has 0 radical (unpaired) electrons. The molecule has 3 rings (SSSR count). The van der Waals surface area contributed by atoms with E-state index in [1.54, 1.807) is 0 Å². The fourth-order valence-corrected chi connectivity index (χ4v) is 3.85. The molecule has 2 aromatic carbocycles. The number of hydrogen-bond acceptors (Lipinski definition) is 2. The number of fused-ring (bicyclic) bond motifs is 1. The fraction of sp³-hybridized carbons (Fsp3) is 0.478. The van der Waals surface area contributed by atoms with E-state index in [1.807, 2.05) is 20.8 Å². The molecule has 1 saturated carbocycles. The Morgan fingerprint density at radius 3 is 2.24 bits per heavy atom. The fourth-order valence-electron chi connectivity index (χ4n) is 3.85. The van der Waals surface area contributed by atoms with E-state index in [0.29, 0.717) is 0 Å². The number of ether oxygens (including phenoxy) is 1. The first-order valence-corrected chi connectivity index (χ1v) is 9.32. The van der Waals surface area contributed by atoms with Gasteiger partial charge in [-0.05, 0) is 74.6 Å².